The van der Waals surface area contributed by atoms with E-state index in [2.05, 4.69) is 367 Å². The van der Waals surface area contributed by atoms with E-state index in [0.29, 0.717) is 5.82 Å². The molecule has 2 aliphatic heterocycles. The lowest BCUT2D eigenvalue weighted by molar-refractivity contribution is 1.14. The van der Waals surface area contributed by atoms with Crippen LogP contribution >= 0.6 is 0 Å². The van der Waals surface area contributed by atoms with Crippen molar-refractivity contribution in [2.24, 2.45) is 0 Å². The second-order valence-electron chi connectivity index (χ2n) is 26.3. The Kier molecular flexibility index (Phi) is 13.0. The quantitative estimate of drug-likeness (QED) is 0.121. The number of hydrogen-bond donors (Lipinski definition) is 0. The van der Waals surface area contributed by atoms with Crippen molar-refractivity contribution in [2.75, 3.05) is 0 Å². The normalized spacial score (nSPS) is 12.0. The number of benzene rings is 15. The molecule has 0 spiro atoms. The van der Waals surface area contributed by atoms with Crippen molar-refractivity contribution in [3.63, 3.8) is 0 Å². The highest BCUT2D eigenvalue weighted by atomic mass is 15.0. The molecule has 0 saturated carbocycles. The van der Waals surface area contributed by atoms with Crippen LogP contribution in [0.3, 0.4) is 0 Å². The Morgan fingerprint density at radius 2 is 0.515 bits per heavy atom. The van der Waals surface area contributed by atoms with E-state index in [0.717, 1.165) is 117 Å². The highest BCUT2D eigenvalue weighted by Gasteiger charge is 2.42. The average molecular weight is 1260 g/mol. The Balaban J connectivity index is 0.938. The van der Waals surface area contributed by atoms with Crippen LogP contribution in [0.5, 0.6) is 0 Å². The zero-order chi connectivity index (χ0) is 65.1. The third-order valence-corrected chi connectivity index (χ3v) is 20.6. The molecule has 0 amide bonds. The molecule has 0 radical (unpaired) electrons. The second-order valence-corrected chi connectivity index (χ2v) is 26.3. The highest BCUT2D eigenvalue weighted by Crippen LogP contribution is 2.48. The molecule has 99 heavy (non-hydrogen) atoms. The van der Waals surface area contributed by atoms with Crippen LogP contribution in [0.25, 0.3) is 178 Å². The van der Waals surface area contributed by atoms with Gasteiger partial charge in [-0.2, -0.15) is 0 Å². The van der Waals surface area contributed by atoms with E-state index < -0.39 is 0 Å². The summed E-state index contributed by atoms with van der Waals surface area (Å²) in [5, 5.41) is 4.90. The van der Waals surface area contributed by atoms with Crippen molar-refractivity contribution in [1.82, 2.24) is 19.1 Å². The lowest BCUT2D eigenvalue weighted by Crippen LogP contribution is -2.59. The van der Waals surface area contributed by atoms with E-state index in [1.807, 2.05) is 0 Å². The Labute approximate surface area is 574 Å². The van der Waals surface area contributed by atoms with Gasteiger partial charge in [-0.05, 0) is 184 Å². The van der Waals surface area contributed by atoms with E-state index in [-0.39, 0.29) is 6.71 Å². The fraction of sp³-hybridized carbons (Fsp3) is 0. The lowest BCUT2D eigenvalue weighted by Gasteiger charge is -2.34. The van der Waals surface area contributed by atoms with Gasteiger partial charge in [-0.15, -0.1) is 0 Å². The number of nitrogens with zero attached hydrogens (tertiary/aromatic N) is 4. The van der Waals surface area contributed by atoms with Gasteiger partial charge in [0.1, 0.15) is 0 Å². The minimum atomic E-state index is -0.126. The molecule has 458 valence electrons. The van der Waals surface area contributed by atoms with Crippen LogP contribution in [0.15, 0.2) is 358 Å². The standard InChI is InChI=1S/C94H59BN4/c1-9-27-60(28-10-1)68-47-69(61-29-11-2-12-30-61)50-74(49-68)83-59-84(97-94(96-83)76-51-70(62-31-13-3-14-32-62)48-71(52-76)63-33-15-4-16-34-63)75-57-87-91-88(58-75)99-86-56-73(65-37-19-6-20-38-65)54-80(67-41-23-8-24-42-67)90(86)78-44-26-46-82(93(78)99)95(91)81-45-25-43-77-89-79(66-39-21-7-22-40-66)53-72(64-35-17-5-18-36-64)55-85(89)98(87)92(77)81/h1-59H. The van der Waals surface area contributed by atoms with Gasteiger partial charge >= 0.3 is 0 Å². The number of hydrogen-bond acceptors (Lipinski definition) is 2. The smallest absolute Gasteiger partial charge is 0.252 e. The average Bonchev–Trinajstić information content (AvgIpc) is 1.54. The molecule has 0 N–H and O–H groups in total. The van der Waals surface area contributed by atoms with E-state index >= 15 is 0 Å². The highest BCUT2D eigenvalue weighted by molar-refractivity contribution is 7.00. The van der Waals surface area contributed by atoms with Crippen LogP contribution in [0.2, 0.25) is 0 Å². The number of rotatable bonds is 11. The summed E-state index contributed by atoms with van der Waals surface area (Å²) in [6.45, 7) is -0.126. The topological polar surface area (TPSA) is 35.6 Å². The van der Waals surface area contributed by atoms with Gasteiger partial charge in [-0.1, -0.05) is 279 Å². The zero-order valence-electron chi connectivity index (χ0n) is 53.9. The van der Waals surface area contributed by atoms with Crippen LogP contribution in [-0.2, 0) is 0 Å². The van der Waals surface area contributed by atoms with Gasteiger partial charge in [-0.3, -0.25) is 0 Å². The molecule has 0 atom stereocenters. The van der Waals surface area contributed by atoms with Crippen molar-refractivity contribution in [3.05, 3.63) is 358 Å². The Morgan fingerprint density at radius 1 is 0.222 bits per heavy atom. The van der Waals surface area contributed by atoms with Crippen molar-refractivity contribution in [2.45, 2.75) is 0 Å². The first-order chi connectivity index (χ1) is 49.1. The summed E-state index contributed by atoms with van der Waals surface area (Å²) in [5.41, 5.74) is 33.6. The minimum absolute atomic E-state index is 0.126. The third-order valence-electron chi connectivity index (χ3n) is 20.6. The first-order valence-electron chi connectivity index (χ1n) is 34.1. The predicted octanol–water partition coefficient (Wildman–Crippen LogP) is 22.2. The van der Waals surface area contributed by atoms with Crippen molar-refractivity contribution < 1.29 is 0 Å². The molecular formula is C94H59BN4. The molecule has 5 heteroatoms. The summed E-state index contributed by atoms with van der Waals surface area (Å²) < 4.78 is 5.26. The van der Waals surface area contributed by atoms with Crippen molar-refractivity contribution >= 4 is 66.7 Å². The molecule has 0 saturated heterocycles. The lowest BCUT2D eigenvalue weighted by atomic mass is 9.34. The van der Waals surface area contributed by atoms with Gasteiger partial charge in [0.25, 0.3) is 6.71 Å². The molecule has 0 fully saturated rings. The summed E-state index contributed by atoms with van der Waals surface area (Å²) in [6.07, 6.45) is 0. The molecule has 5 heterocycles. The maximum Gasteiger partial charge on any atom is 0.252 e. The molecule has 0 bridgehead atoms. The summed E-state index contributed by atoms with van der Waals surface area (Å²) in [5.74, 6) is 0.631. The first kappa shape index (κ1) is 56.4. The molecular weight excluding hydrogens is 1200 g/mol. The summed E-state index contributed by atoms with van der Waals surface area (Å²) >= 11 is 0. The van der Waals surface area contributed by atoms with E-state index in [1.54, 1.807) is 0 Å². The fourth-order valence-corrected chi connectivity index (χ4v) is 16.2. The van der Waals surface area contributed by atoms with E-state index in [9.17, 15) is 0 Å². The van der Waals surface area contributed by atoms with Crippen molar-refractivity contribution in [1.29, 1.82) is 0 Å². The zero-order valence-corrected chi connectivity index (χ0v) is 53.9. The SMILES string of the molecule is c1ccc(-c2cc(-c3ccccc3)cc(-c3cc(-c4cc5c6c(c4)-n4c7cc(-c8ccccc8)cc(-c8ccccc8)c7c7cccc(c74)B6c4cccc6c7c(-c8ccccc8)cc(-c8ccccc8)cc7n-5c46)nc(-c4cc(-c5ccccc5)cc(-c5ccccc5)c4)n3)c2)cc1. The van der Waals surface area contributed by atoms with Gasteiger partial charge in [0.15, 0.2) is 5.82 Å². The molecule has 20 rings (SSSR count). The molecule has 18 aromatic rings. The van der Waals surface area contributed by atoms with Crippen LogP contribution in [-0.4, -0.2) is 25.8 Å². The van der Waals surface area contributed by atoms with Gasteiger partial charge in [0, 0.05) is 60.6 Å². The van der Waals surface area contributed by atoms with E-state index in [1.165, 1.54) is 71.2 Å². The predicted molar refractivity (Wildman–Crippen MR) is 415 cm³/mol. The first-order valence-corrected chi connectivity index (χ1v) is 34.1. The molecule has 15 aromatic carbocycles. The number of fused-ring (bicyclic) bond motifs is 10. The number of para-hydroxylation sites is 2. The van der Waals surface area contributed by atoms with Crippen LogP contribution < -0.4 is 16.4 Å². The monoisotopic (exact) mass is 1250 g/mol. The fourth-order valence-electron chi connectivity index (χ4n) is 16.2. The van der Waals surface area contributed by atoms with Crippen LogP contribution in [0.4, 0.5) is 0 Å². The minimum Gasteiger partial charge on any atom is -0.310 e. The molecule has 2 aliphatic rings. The van der Waals surface area contributed by atoms with Crippen molar-refractivity contribution in [3.8, 4) is 134 Å². The second kappa shape index (κ2) is 22.9. The molecule has 0 aliphatic carbocycles. The molecule has 0 unspecified atom stereocenters. The maximum atomic E-state index is 5.96. The largest absolute Gasteiger partial charge is 0.310 e. The number of aromatic nitrogens is 4. The van der Waals surface area contributed by atoms with Gasteiger partial charge in [0.05, 0.1) is 22.4 Å². The van der Waals surface area contributed by atoms with Crippen LogP contribution in [0, 0.1) is 0 Å². The van der Waals surface area contributed by atoms with E-state index in [4.69, 9.17) is 9.97 Å². The third kappa shape index (κ3) is 9.31. The summed E-state index contributed by atoms with van der Waals surface area (Å²) in [4.78, 5) is 11.8. The van der Waals surface area contributed by atoms with Gasteiger partial charge < -0.3 is 9.13 Å². The Hall–Kier alpha value is -13.0. The maximum absolute atomic E-state index is 5.96. The summed E-state index contributed by atoms with van der Waals surface area (Å²) in [6, 6.07) is 132. The van der Waals surface area contributed by atoms with Gasteiger partial charge in [-0.25, -0.2) is 9.97 Å². The Bertz CT molecular complexity index is 5740. The molecule has 4 nitrogen and oxygen atoms in total. The summed E-state index contributed by atoms with van der Waals surface area (Å²) in [7, 11) is 0. The van der Waals surface area contributed by atoms with Gasteiger partial charge in [0.2, 0.25) is 0 Å². The molecule has 3 aromatic heterocycles. The van der Waals surface area contributed by atoms with Crippen LogP contribution in [0.1, 0.15) is 0 Å². The Morgan fingerprint density at radius 3 is 0.859 bits per heavy atom.